The number of amides is 1. The Bertz CT molecular complexity index is 632. The Morgan fingerprint density at radius 3 is 2.29 bits per heavy atom. The smallest absolute Gasteiger partial charge is 0.224 e. The lowest BCUT2D eigenvalue weighted by Gasteiger charge is -2.18. The third kappa shape index (κ3) is 3.94. The fourth-order valence-corrected chi connectivity index (χ4v) is 2.60. The third-order valence-corrected chi connectivity index (χ3v) is 3.93. The second-order valence-electron chi connectivity index (χ2n) is 5.74. The van der Waals surface area contributed by atoms with Gasteiger partial charge in [0.05, 0.1) is 12.5 Å². The van der Waals surface area contributed by atoms with Crippen molar-refractivity contribution in [3.05, 3.63) is 70.3 Å². The molecule has 0 saturated heterocycles. The zero-order chi connectivity index (χ0) is 15.4. The van der Waals surface area contributed by atoms with Gasteiger partial charge in [0.2, 0.25) is 5.91 Å². The Morgan fingerprint density at radius 1 is 1.00 bits per heavy atom. The summed E-state index contributed by atoms with van der Waals surface area (Å²) in [5.41, 5.74) is 6.02. The highest BCUT2D eigenvalue weighted by molar-refractivity contribution is 5.79. The first-order valence-corrected chi connectivity index (χ1v) is 7.38. The molecule has 0 aliphatic carbocycles. The zero-order valence-electron chi connectivity index (χ0n) is 13.2. The third-order valence-electron chi connectivity index (χ3n) is 3.93. The van der Waals surface area contributed by atoms with Gasteiger partial charge in [0.1, 0.15) is 0 Å². The molecule has 0 radical (unpaired) electrons. The van der Waals surface area contributed by atoms with Gasteiger partial charge < -0.3 is 5.32 Å². The van der Waals surface area contributed by atoms with Crippen molar-refractivity contribution < 1.29 is 4.79 Å². The monoisotopic (exact) mass is 281 g/mol. The first-order valence-electron chi connectivity index (χ1n) is 7.38. The Hall–Kier alpha value is -2.09. The molecular weight excluding hydrogens is 258 g/mol. The lowest BCUT2D eigenvalue weighted by molar-refractivity contribution is -0.121. The molecule has 21 heavy (non-hydrogen) atoms. The number of hydrogen-bond acceptors (Lipinski definition) is 1. The molecule has 0 saturated carbocycles. The molecule has 0 fully saturated rings. The summed E-state index contributed by atoms with van der Waals surface area (Å²) in [4.78, 5) is 12.1. The molecule has 1 N–H and O–H groups in total. The van der Waals surface area contributed by atoms with Crippen LogP contribution in [-0.2, 0) is 11.2 Å². The number of benzene rings is 2. The van der Waals surface area contributed by atoms with Gasteiger partial charge in [-0.05, 0) is 55.5 Å². The standard InChI is InChI=1S/C19H23NO/c1-13-10-15(3)18(11-14(13)2)16(4)20-19(21)12-17-8-6-5-7-9-17/h5-11,16H,12H2,1-4H3,(H,20,21)/t16-/m0/s1. The van der Waals surface area contributed by atoms with Crippen LogP contribution in [0.1, 0.15) is 40.8 Å². The van der Waals surface area contributed by atoms with Gasteiger partial charge >= 0.3 is 0 Å². The highest BCUT2D eigenvalue weighted by Gasteiger charge is 2.13. The van der Waals surface area contributed by atoms with Crippen molar-refractivity contribution in [2.75, 3.05) is 0 Å². The molecule has 1 amide bonds. The van der Waals surface area contributed by atoms with Crippen molar-refractivity contribution in [2.24, 2.45) is 0 Å². The van der Waals surface area contributed by atoms with Crippen LogP contribution in [0.2, 0.25) is 0 Å². The Balaban J connectivity index is 2.06. The van der Waals surface area contributed by atoms with Crippen LogP contribution in [-0.4, -0.2) is 5.91 Å². The van der Waals surface area contributed by atoms with Crippen LogP contribution in [0.5, 0.6) is 0 Å². The van der Waals surface area contributed by atoms with E-state index in [1.54, 1.807) is 0 Å². The maximum absolute atomic E-state index is 12.1. The van der Waals surface area contributed by atoms with E-state index in [1.165, 1.54) is 22.3 Å². The molecule has 2 rings (SSSR count). The van der Waals surface area contributed by atoms with E-state index >= 15 is 0 Å². The van der Waals surface area contributed by atoms with Crippen LogP contribution < -0.4 is 5.32 Å². The topological polar surface area (TPSA) is 29.1 Å². The molecule has 0 aliphatic rings. The summed E-state index contributed by atoms with van der Waals surface area (Å²) in [5, 5.41) is 3.09. The fourth-order valence-electron chi connectivity index (χ4n) is 2.60. The zero-order valence-corrected chi connectivity index (χ0v) is 13.2. The molecule has 0 aliphatic heterocycles. The minimum atomic E-state index is 0.0283. The van der Waals surface area contributed by atoms with E-state index in [1.807, 2.05) is 37.3 Å². The average Bonchev–Trinajstić information content (AvgIpc) is 2.43. The molecule has 2 heteroatoms. The van der Waals surface area contributed by atoms with E-state index in [2.05, 4.69) is 38.2 Å². The SMILES string of the molecule is Cc1cc(C)c([C@H](C)NC(=O)Cc2ccccc2)cc1C. The second-order valence-corrected chi connectivity index (χ2v) is 5.74. The van der Waals surface area contributed by atoms with Gasteiger partial charge in [-0.25, -0.2) is 0 Å². The minimum Gasteiger partial charge on any atom is -0.349 e. The van der Waals surface area contributed by atoms with Crippen LogP contribution in [0.4, 0.5) is 0 Å². The molecule has 1 atom stereocenters. The van der Waals surface area contributed by atoms with E-state index in [9.17, 15) is 4.79 Å². The number of nitrogens with one attached hydrogen (secondary N) is 1. The number of aryl methyl sites for hydroxylation is 3. The summed E-state index contributed by atoms with van der Waals surface area (Å²) in [5.74, 6) is 0.0614. The van der Waals surface area contributed by atoms with Gasteiger partial charge in [-0.2, -0.15) is 0 Å². The molecule has 2 aromatic carbocycles. The molecule has 0 unspecified atom stereocenters. The first kappa shape index (κ1) is 15.3. The van der Waals surface area contributed by atoms with Crippen molar-refractivity contribution in [3.63, 3.8) is 0 Å². The first-order chi connectivity index (χ1) is 9.97. The highest BCUT2D eigenvalue weighted by Crippen LogP contribution is 2.21. The van der Waals surface area contributed by atoms with Gasteiger partial charge in [-0.3, -0.25) is 4.79 Å². The Morgan fingerprint density at radius 2 is 1.62 bits per heavy atom. The van der Waals surface area contributed by atoms with Crippen molar-refractivity contribution in [3.8, 4) is 0 Å². The van der Waals surface area contributed by atoms with Crippen LogP contribution in [0.15, 0.2) is 42.5 Å². The molecule has 0 spiro atoms. The van der Waals surface area contributed by atoms with Crippen LogP contribution >= 0.6 is 0 Å². The maximum Gasteiger partial charge on any atom is 0.224 e. The van der Waals surface area contributed by atoms with Gasteiger partial charge in [0.15, 0.2) is 0 Å². The molecule has 0 aromatic heterocycles. The van der Waals surface area contributed by atoms with Gasteiger partial charge in [-0.15, -0.1) is 0 Å². The molecule has 2 aromatic rings. The lowest BCUT2D eigenvalue weighted by Crippen LogP contribution is -2.28. The van der Waals surface area contributed by atoms with E-state index in [4.69, 9.17) is 0 Å². The second kappa shape index (κ2) is 6.57. The Labute approximate surface area is 127 Å². The molecule has 0 bridgehead atoms. The van der Waals surface area contributed by atoms with Crippen LogP contribution in [0.25, 0.3) is 0 Å². The molecule has 2 nitrogen and oxygen atoms in total. The number of carbonyl (C=O) groups is 1. The van der Waals surface area contributed by atoms with Crippen molar-refractivity contribution in [1.82, 2.24) is 5.32 Å². The normalized spacial score (nSPS) is 12.0. The molecular formula is C19H23NO. The van der Waals surface area contributed by atoms with Crippen molar-refractivity contribution in [2.45, 2.75) is 40.2 Å². The highest BCUT2D eigenvalue weighted by atomic mass is 16.1. The van der Waals surface area contributed by atoms with Gasteiger partial charge in [0, 0.05) is 0 Å². The van der Waals surface area contributed by atoms with E-state index in [-0.39, 0.29) is 11.9 Å². The van der Waals surface area contributed by atoms with Crippen LogP contribution in [0.3, 0.4) is 0 Å². The van der Waals surface area contributed by atoms with Crippen molar-refractivity contribution in [1.29, 1.82) is 0 Å². The maximum atomic E-state index is 12.1. The number of carbonyl (C=O) groups excluding carboxylic acids is 1. The van der Waals surface area contributed by atoms with Crippen molar-refractivity contribution >= 4 is 5.91 Å². The molecule has 0 heterocycles. The number of rotatable bonds is 4. The summed E-state index contributed by atoms with van der Waals surface area (Å²) >= 11 is 0. The lowest BCUT2D eigenvalue weighted by atomic mass is 9.96. The Kier molecular flexibility index (Phi) is 4.79. The fraction of sp³-hybridized carbons (Fsp3) is 0.316. The summed E-state index contributed by atoms with van der Waals surface area (Å²) in [7, 11) is 0. The summed E-state index contributed by atoms with van der Waals surface area (Å²) < 4.78 is 0. The number of hydrogen-bond donors (Lipinski definition) is 1. The van der Waals surface area contributed by atoms with E-state index < -0.39 is 0 Å². The van der Waals surface area contributed by atoms with E-state index in [0.29, 0.717) is 6.42 Å². The molecule has 110 valence electrons. The van der Waals surface area contributed by atoms with E-state index in [0.717, 1.165) is 5.56 Å². The minimum absolute atomic E-state index is 0.0283. The predicted molar refractivity (Wildman–Crippen MR) is 87.4 cm³/mol. The average molecular weight is 281 g/mol. The summed E-state index contributed by atoms with van der Waals surface area (Å²) in [6, 6.07) is 14.2. The largest absolute Gasteiger partial charge is 0.349 e. The quantitative estimate of drug-likeness (QED) is 0.900. The van der Waals surface area contributed by atoms with Crippen LogP contribution in [0, 0.1) is 20.8 Å². The van der Waals surface area contributed by atoms with Gasteiger partial charge in [-0.1, -0.05) is 42.5 Å². The summed E-state index contributed by atoms with van der Waals surface area (Å²) in [6.45, 7) is 8.36. The predicted octanol–water partition coefficient (Wildman–Crippen LogP) is 4.03. The van der Waals surface area contributed by atoms with Gasteiger partial charge in [0.25, 0.3) is 0 Å². The summed E-state index contributed by atoms with van der Waals surface area (Å²) in [6.07, 6.45) is 0.426.